The molecule has 122 valence electrons. The molecule has 0 saturated heterocycles. The minimum absolute atomic E-state index is 0.0918. The molecule has 1 heterocycles. The van der Waals surface area contributed by atoms with Gasteiger partial charge in [-0.05, 0) is 24.3 Å². The molecule has 3 rings (SSSR count). The predicted octanol–water partition coefficient (Wildman–Crippen LogP) is 2.43. The molecule has 0 spiro atoms. The fraction of sp³-hybridized carbons (Fsp3) is 0.125. The Morgan fingerprint density at radius 2 is 2.12 bits per heavy atom. The van der Waals surface area contributed by atoms with Gasteiger partial charge in [-0.25, -0.2) is 4.98 Å². The van der Waals surface area contributed by atoms with Gasteiger partial charge in [0, 0.05) is 31.0 Å². The van der Waals surface area contributed by atoms with E-state index in [2.05, 4.69) is 9.98 Å². The minimum atomic E-state index is -0.535. The highest BCUT2D eigenvalue weighted by molar-refractivity contribution is 5.87. The summed E-state index contributed by atoms with van der Waals surface area (Å²) in [7, 11) is 1.81. The number of hydrogen-bond acceptors (Lipinski definition) is 6. The number of aliphatic hydroxyl groups excluding tert-OH is 1. The molecule has 2 N–H and O–H groups in total. The van der Waals surface area contributed by atoms with E-state index in [1.165, 1.54) is 24.4 Å². The van der Waals surface area contributed by atoms with E-state index in [0.29, 0.717) is 17.0 Å². The molecule has 0 aliphatic heterocycles. The molecule has 0 aliphatic rings. The van der Waals surface area contributed by atoms with Crippen molar-refractivity contribution in [3.8, 4) is 5.75 Å². The number of nitrogens with zero attached hydrogens (tertiary/aromatic N) is 4. The maximum Gasteiger partial charge on any atom is 0.270 e. The summed E-state index contributed by atoms with van der Waals surface area (Å²) in [5.41, 5.74) is 2.25. The van der Waals surface area contributed by atoms with Gasteiger partial charge < -0.3 is 14.8 Å². The van der Waals surface area contributed by atoms with E-state index >= 15 is 0 Å². The number of phenols is 1. The first kappa shape index (κ1) is 15.6. The van der Waals surface area contributed by atoms with Gasteiger partial charge in [-0.1, -0.05) is 0 Å². The topological polar surface area (TPSA) is 114 Å². The lowest BCUT2D eigenvalue weighted by Crippen LogP contribution is -1.96. The number of nitro groups is 1. The van der Waals surface area contributed by atoms with E-state index < -0.39 is 4.92 Å². The summed E-state index contributed by atoms with van der Waals surface area (Å²) in [5.74, 6) is 0.452. The van der Waals surface area contributed by atoms with Crippen molar-refractivity contribution in [3.63, 3.8) is 0 Å². The molecule has 0 radical (unpaired) electrons. The Balaban J connectivity index is 1.96. The zero-order valence-electron chi connectivity index (χ0n) is 12.7. The Morgan fingerprint density at radius 1 is 1.33 bits per heavy atom. The van der Waals surface area contributed by atoms with Crippen molar-refractivity contribution in [1.82, 2.24) is 9.55 Å². The van der Waals surface area contributed by atoms with Crippen molar-refractivity contribution < 1.29 is 15.1 Å². The van der Waals surface area contributed by atoms with Crippen molar-refractivity contribution in [1.29, 1.82) is 0 Å². The molecule has 0 unspecified atom stereocenters. The molecular weight excluding hydrogens is 312 g/mol. The van der Waals surface area contributed by atoms with Crippen LogP contribution >= 0.6 is 0 Å². The molecule has 8 nitrogen and oxygen atoms in total. The van der Waals surface area contributed by atoms with Crippen LogP contribution in [0.3, 0.4) is 0 Å². The van der Waals surface area contributed by atoms with Crippen LogP contribution in [0, 0.1) is 10.1 Å². The summed E-state index contributed by atoms with van der Waals surface area (Å²) in [6.07, 6.45) is 1.36. The first-order valence-electron chi connectivity index (χ1n) is 7.07. The Morgan fingerprint density at radius 3 is 2.83 bits per heavy atom. The van der Waals surface area contributed by atoms with E-state index in [-0.39, 0.29) is 23.6 Å². The van der Waals surface area contributed by atoms with Crippen molar-refractivity contribution in [2.24, 2.45) is 12.0 Å². The van der Waals surface area contributed by atoms with Gasteiger partial charge in [0.2, 0.25) is 0 Å². The number of aliphatic imine (C=N–C) groups is 1. The summed E-state index contributed by atoms with van der Waals surface area (Å²) < 4.78 is 1.79. The highest BCUT2D eigenvalue weighted by Crippen LogP contribution is 2.24. The molecule has 0 amide bonds. The molecule has 8 heteroatoms. The Bertz CT molecular complexity index is 962. The van der Waals surface area contributed by atoms with Crippen molar-refractivity contribution in [3.05, 3.63) is 57.9 Å². The Kier molecular flexibility index (Phi) is 3.97. The van der Waals surface area contributed by atoms with E-state index in [1.807, 2.05) is 13.1 Å². The Hall–Kier alpha value is -3.26. The zero-order chi connectivity index (χ0) is 17.3. The number of aromatic hydroxyl groups is 1. The summed E-state index contributed by atoms with van der Waals surface area (Å²) in [6.45, 7) is -0.161. The normalized spacial score (nSPS) is 11.4. The molecule has 3 aromatic rings. The number of benzene rings is 2. The minimum Gasteiger partial charge on any atom is -0.507 e. The third-order valence-electron chi connectivity index (χ3n) is 3.67. The smallest absolute Gasteiger partial charge is 0.270 e. The summed E-state index contributed by atoms with van der Waals surface area (Å²) in [6, 6.07) is 9.05. The molecule has 1 aromatic heterocycles. The van der Waals surface area contributed by atoms with Crippen LogP contribution in [0.1, 0.15) is 11.4 Å². The molecule has 0 fully saturated rings. The van der Waals surface area contributed by atoms with E-state index in [4.69, 9.17) is 0 Å². The number of non-ortho nitro benzene ring substituents is 1. The van der Waals surface area contributed by atoms with Gasteiger partial charge in [0.1, 0.15) is 18.2 Å². The number of nitro benzene ring substituents is 1. The lowest BCUT2D eigenvalue weighted by Gasteiger charge is -2.00. The number of aromatic nitrogens is 2. The van der Waals surface area contributed by atoms with Gasteiger partial charge in [-0.2, -0.15) is 0 Å². The van der Waals surface area contributed by atoms with Crippen molar-refractivity contribution >= 4 is 28.6 Å². The molecular formula is C16H14N4O4. The average Bonchev–Trinajstić information content (AvgIpc) is 2.89. The third kappa shape index (κ3) is 2.82. The maximum atomic E-state index is 10.8. The fourth-order valence-corrected chi connectivity index (χ4v) is 2.36. The second-order valence-corrected chi connectivity index (χ2v) is 5.18. The number of fused-ring (bicyclic) bond motifs is 1. The van der Waals surface area contributed by atoms with E-state index in [9.17, 15) is 20.3 Å². The lowest BCUT2D eigenvalue weighted by atomic mass is 10.2. The quantitative estimate of drug-likeness (QED) is 0.434. The predicted molar refractivity (Wildman–Crippen MR) is 88.7 cm³/mol. The van der Waals surface area contributed by atoms with Gasteiger partial charge >= 0.3 is 0 Å². The zero-order valence-corrected chi connectivity index (χ0v) is 12.7. The van der Waals surface area contributed by atoms with Crippen LogP contribution in [0.15, 0.2) is 41.4 Å². The largest absolute Gasteiger partial charge is 0.507 e. The van der Waals surface area contributed by atoms with Gasteiger partial charge in [0.15, 0.2) is 0 Å². The standard InChI is InChI=1S/C16H14N4O4/c1-19-14-4-2-11(7-13(14)18-16(19)9-21)17-8-10-6-12(20(23)24)3-5-15(10)22/h2-8,21-22H,9H2,1H3. The summed E-state index contributed by atoms with van der Waals surface area (Å²) in [5, 5.41) is 29.8. The first-order valence-corrected chi connectivity index (χ1v) is 7.07. The van der Waals surface area contributed by atoms with Crippen LogP contribution in [0.25, 0.3) is 11.0 Å². The third-order valence-corrected chi connectivity index (χ3v) is 3.67. The fourth-order valence-electron chi connectivity index (χ4n) is 2.36. The molecule has 0 bridgehead atoms. The van der Waals surface area contributed by atoms with Crippen LogP contribution in [0.2, 0.25) is 0 Å². The molecule has 24 heavy (non-hydrogen) atoms. The molecule has 0 aliphatic carbocycles. The van der Waals surface area contributed by atoms with Crippen molar-refractivity contribution in [2.45, 2.75) is 6.61 Å². The molecule has 2 aromatic carbocycles. The second kappa shape index (κ2) is 6.09. The lowest BCUT2D eigenvalue weighted by molar-refractivity contribution is -0.384. The van der Waals surface area contributed by atoms with Gasteiger partial charge in [-0.3, -0.25) is 15.1 Å². The summed E-state index contributed by atoms with van der Waals surface area (Å²) in [4.78, 5) is 18.8. The van der Waals surface area contributed by atoms with Crippen LogP contribution in [0.5, 0.6) is 5.75 Å². The highest BCUT2D eigenvalue weighted by Gasteiger charge is 2.09. The van der Waals surface area contributed by atoms with Crippen LogP contribution in [-0.4, -0.2) is 30.9 Å². The molecule has 0 atom stereocenters. The second-order valence-electron chi connectivity index (χ2n) is 5.18. The molecule has 0 saturated carbocycles. The maximum absolute atomic E-state index is 10.8. The van der Waals surface area contributed by atoms with Gasteiger partial charge in [-0.15, -0.1) is 0 Å². The number of hydrogen-bond donors (Lipinski definition) is 2. The van der Waals surface area contributed by atoms with Gasteiger partial charge in [0.05, 0.1) is 21.6 Å². The first-order chi connectivity index (χ1) is 11.5. The van der Waals surface area contributed by atoms with Crippen LogP contribution in [0.4, 0.5) is 11.4 Å². The number of rotatable bonds is 4. The number of aliphatic hydroxyl groups is 1. The number of aryl methyl sites for hydroxylation is 1. The summed E-state index contributed by atoms with van der Waals surface area (Å²) >= 11 is 0. The van der Waals surface area contributed by atoms with E-state index in [1.54, 1.807) is 16.7 Å². The van der Waals surface area contributed by atoms with Crippen LogP contribution < -0.4 is 0 Å². The highest BCUT2D eigenvalue weighted by atomic mass is 16.6. The van der Waals surface area contributed by atoms with Gasteiger partial charge in [0.25, 0.3) is 5.69 Å². The number of phenolic OH excluding ortho intramolecular Hbond substituents is 1. The monoisotopic (exact) mass is 326 g/mol. The Labute approximate surface area is 136 Å². The van der Waals surface area contributed by atoms with Crippen molar-refractivity contribution in [2.75, 3.05) is 0 Å². The SMILES string of the molecule is Cn1c(CO)nc2cc(N=Cc3cc([N+](=O)[O-])ccc3O)ccc21. The van der Waals surface area contributed by atoms with Crippen LogP contribution in [-0.2, 0) is 13.7 Å². The van der Waals surface area contributed by atoms with E-state index in [0.717, 1.165) is 5.52 Å². The average molecular weight is 326 g/mol. The number of imidazole rings is 1.